The Morgan fingerprint density at radius 1 is 0.465 bits per heavy atom. The van der Waals surface area contributed by atoms with Gasteiger partial charge in [-0.05, 0) is 69.1 Å². The molecule has 6 aromatic carbocycles. The molecule has 0 amide bonds. The molecule has 0 saturated carbocycles. The van der Waals surface area contributed by atoms with Crippen molar-refractivity contribution >= 4 is 54.5 Å². The van der Waals surface area contributed by atoms with Gasteiger partial charge in [0, 0.05) is 28.1 Å². The molecule has 200 valence electrons. The van der Waals surface area contributed by atoms with Crippen molar-refractivity contribution in [3.05, 3.63) is 140 Å². The van der Waals surface area contributed by atoms with Crippen molar-refractivity contribution in [1.82, 2.24) is 15.0 Å². The molecule has 3 aromatic heterocycles. The van der Waals surface area contributed by atoms with Crippen LogP contribution >= 0.6 is 0 Å². The van der Waals surface area contributed by atoms with E-state index in [2.05, 4.69) is 91.0 Å². The molecular formula is C39H23N3O. The molecule has 0 unspecified atom stereocenters. The molecule has 4 heteroatoms. The van der Waals surface area contributed by atoms with Crippen LogP contribution in [0.15, 0.2) is 144 Å². The van der Waals surface area contributed by atoms with Crippen LogP contribution in [-0.2, 0) is 0 Å². The summed E-state index contributed by atoms with van der Waals surface area (Å²) >= 11 is 0. The molecule has 0 aliphatic rings. The third-order valence-electron chi connectivity index (χ3n) is 8.32. The van der Waals surface area contributed by atoms with Crippen LogP contribution in [0.3, 0.4) is 0 Å². The highest BCUT2D eigenvalue weighted by molar-refractivity contribution is 6.21. The van der Waals surface area contributed by atoms with E-state index in [1.165, 1.54) is 16.3 Å². The van der Waals surface area contributed by atoms with Crippen LogP contribution in [0.1, 0.15) is 0 Å². The smallest absolute Gasteiger partial charge is 0.227 e. The zero-order chi connectivity index (χ0) is 28.3. The lowest BCUT2D eigenvalue weighted by atomic mass is 9.87. The van der Waals surface area contributed by atoms with Crippen molar-refractivity contribution in [3.63, 3.8) is 0 Å². The summed E-state index contributed by atoms with van der Waals surface area (Å²) in [7, 11) is 0. The standard InChI is InChI=1S/C39H23N3O/c1-2-9-26(10-3-1)39-42-33-23-27(19-21-34(33)43-39)35-28-12-4-6-14-30(28)36(31-15-7-5-13-29(31)35)32-20-18-25-17-16-24-11-8-22-40-37(24)38(25)41-32/h1-23H. The van der Waals surface area contributed by atoms with E-state index in [-0.39, 0.29) is 0 Å². The van der Waals surface area contributed by atoms with E-state index in [4.69, 9.17) is 19.4 Å². The van der Waals surface area contributed by atoms with Gasteiger partial charge in [0.25, 0.3) is 0 Å². The monoisotopic (exact) mass is 549 g/mol. The highest BCUT2D eigenvalue weighted by Crippen LogP contribution is 2.44. The molecule has 0 aliphatic carbocycles. The van der Waals surface area contributed by atoms with Crippen molar-refractivity contribution in [2.24, 2.45) is 0 Å². The van der Waals surface area contributed by atoms with Crippen molar-refractivity contribution < 1.29 is 4.42 Å². The van der Waals surface area contributed by atoms with Crippen LogP contribution in [0.5, 0.6) is 0 Å². The fourth-order valence-electron chi connectivity index (χ4n) is 6.37. The van der Waals surface area contributed by atoms with E-state index >= 15 is 0 Å². The molecule has 0 N–H and O–H groups in total. The number of hydrogen-bond acceptors (Lipinski definition) is 4. The number of nitrogens with zero attached hydrogens (tertiary/aromatic N) is 3. The lowest BCUT2D eigenvalue weighted by molar-refractivity contribution is 0.620. The Hall–Kier alpha value is -5.87. The Bertz CT molecular complexity index is 2460. The average molecular weight is 550 g/mol. The zero-order valence-electron chi connectivity index (χ0n) is 23.0. The van der Waals surface area contributed by atoms with Gasteiger partial charge in [-0.1, -0.05) is 97.1 Å². The Labute approximate surface area is 246 Å². The van der Waals surface area contributed by atoms with Gasteiger partial charge in [0.15, 0.2) is 5.58 Å². The van der Waals surface area contributed by atoms with Crippen LogP contribution in [0, 0.1) is 0 Å². The SMILES string of the molecule is c1ccc(-c2nc3cc(-c4c5ccccc5c(-c5ccc6ccc7cccnc7c6n5)c5ccccc45)ccc3o2)cc1. The molecule has 9 rings (SSSR count). The number of fused-ring (bicyclic) bond motifs is 6. The summed E-state index contributed by atoms with van der Waals surface area (Å²) in [5, 5.41) is 6.81. The lowest BCUT2D eigenvalue weighted by Crippen LogP contribution is -1.93. The van der Waals surface area contributed by atoms with Crippen molar-refractivity contribution in [2.75, 3.05) is 0 Å². The Morgan fingerprint density at radius 3 is 1.86 bits per heavy atom. The summed E-state index contributed by atoms with van der Waals surface area (Å²) in [6.07, 6.45) is 1.84. The lowest BCUT2D eigenvalue weighted by Gasteiger charge is -2.17. The maximum Gasteiger partial charge on any atom is 0.227 e. The fourth-order valence-corrected chi connectivity index (χ4v) is 6.37. The highest BCUT2D eigenvalue weighted by Gasteiger charge is 2.19. The van der Waals surface area contributed by atoms with Crippen LogP contribution in [0.2, 0.25) is 0 Å². The van der Waals surface area contributed by atoms with Gasteiger partial charge in [-0.2, -0.15) is 0 Å². The first-order valence-corrected chi connectivity index (χ1v) is 14.4. The second-order valence-electron chi connectivity index (χ2n) is 10.8. The molecule has 0 radical (unpaired) electrons. The van der Waals surface area contributed by atoms with Gasteiger partial charge in [0.1, 0.15) is 5.52 Å². The molecule has 9 aromatic rings. The molecule has 0 spiro atoms. The fraction of sp³-hybridized carbons (Fsp3) is 0. The quantitative estimate of drug-likeness (QED) is 0.162. The molecular weight excluding hydrogens is 526 g/mol. The van der Waals surface area contributed by atoms with E-state index in [1.807, 2.05) is 48.7 Å². The summed E-state index contributed by atoms with van der Waals surface area (Å²) in [4.78, 5) is 14.8. The summed E-state index contributed by atoms with van der Waals surface area (Å²) in [6.45, 7) is 0. The first-order valence-electron chi connectivity index (χ1n) is 14.4. The molecule has 4 nitrogen and oxygen atoms in total. The molecule has 0 saturated heterocycles. The van der Waals surface area contributed by atoms with Crippen molar-refractivity contribution in [1.29, 1.82) is 0 Å². The van der Waals surface area contributed by atoms with Crippen molar-refractivity contribution in [2.45, 2.75) is 0 Å². The number of rotatable bonds is 3. The maximum atomic E-state index is 6.14. The number of hydrogen-bond donors (Lipinski definition) is 0. The zero-order valence-corrected chi connectivity index (χ0v) is 23.0. The number of pyridine rings is 2. The normalized spacial score (nSPS) is 11.7. The van der Waals surface area contributed by atoms with Gasteiger partial charge in [-0.3, -0.25) is 4.98 Å². The molecule has 0 atom stereocenters. The van der Waals surface area contributed by atoms with E-state index in [1.54, 1.807) is 0 Å². The predicted molar refractivity (Wildman–Crippen MR) is 176 cm³/mol. The van der Waals surface area contributed by atoms with Gasteiger partial charge in [-0.15, -0.1) is 0 Å². The highest BCUT2D eigenvalue weighted by atomic mass is 16.3. The van der Waals surface area contributed by atoms with Crippen LogP contribution in [-0.4, -0.2) is 15.0 Å². The maximum absolute atomic E-state index is 6.14. The van der Waals surface area contributed by atoms with E-state index in [0.717, 1.165) is 66.1 Å². The Balaban J connectivity index is 1.31. The Kier molecular flexibility index (Phi) is 5.16. The summed E-state index contributed by atoms with van der Waals surface area (Å²) in [6, 6.07) is 46.2. The summed E-state index contributed by atoms with van der Waals surface area (Å²) in [5.41, 5.74) is 8.74. The summed E-state index contributed by atoms with van der Waals surface area (Å²) < 4.78 is 6.14. The van der Waals surface area contributed by atoms with Gasteiger partial charge < -0.3 is 4.42 Å². The molecule has 0 bridgehead atoms. The van der Waals surface area contributed by atoms with Gasteiger partial charge in [0.05, 0.1) is 16.7 Å². The minimum Gasteiger partial charge on any atom is -0.436 e. The molecule has 0 fully saturated rings. The largest absolute Gasteiger partial charge is 0.436 e. The second kappa shape index (κ2) is 9.33. The molecule has 43 heavy (non-hydrogen) atoms. The minimum absolute atomic E-state index is 0.627. The first kappa shape index (κ1) is 23.8. The van der Waals surface area contributed by atoms with Crippen LogP contribution < -0.4 is 0 Å². The van der Waals surface area contributed by atoms with Gasteiger partial charge >= 0.3 is 0 Å². The van der Waals surface area contributed by atoms with Crippen LogP contribution in [0.25, 0.3) is 88.3 Å². The molecule has 0 aliphatic heterocycles. The minimum atomic E-state index is 0.627. The second-order valence-corrected chi connectivity index (χ2v) is 10.8. The molecule has 3 heterocycles. The van der Waals surface area contributed by atoms with Crippen LogP contribution in [0.4, 0.5) is 0 Å². The number of benzene rings is 6. The number of aromatic nitrogens is 3. The van der Waals surface area contributed by atoms with Gasteiger partial charge in [-0.25, -0.2) is 9.97 Å². The topological polar surface area (TPSA) is 51.8 Å². The average Bonchev–Trinajstić information content (AvgIpc) is 3.51. The van der Waals surface area contributed by atoms with Crippen molar-refractivity contribution in [3.8, 4) is 33.8 Å². The number of oxazole rings is 1. The third kappa shape index (κ3) is 3.74. The van der Waals surface area contributed by atoms with E-state index < -0.39 is 0 Å². The van der Waals surface area contributed by atoms with E-state index in [0.29, 0.717) is 5.89 Å². The first-order chi connectivity index (χ1) is 21.3. The van der Waals surface area contributed by atoms with Gasteiger partial charge in [0.2, 0.25) is 5.89 Å². The van der Waals surface area contributed by atoms with E-state index in [9.17, 15) is 0 Å². The third-order valence-corrected chi connectivity index (χ3v) is 8.32. The predicted octanol–water partition coefficient (Wildman–Crippen LogP) is 10.2. The Morgan fingerprint density at radius 2 is 1.12 bits per heavy atom. The summed E-state index contributed by atoms with van der Waals surface area (Å²) in [5.74, 6) is 0.627.